The van der Waals surface area contributed by atoms with E-state index in [0.717, 1.165) is 18.4 Å². The molecule has 5 nitrogen and oxygen atoms in total. The van der Waals surface area contributed by atoms with Crippen molar-refractivity contribution >= 4 is 23.2 Å². The SMILES string of the molecule is O=C(NC1CCc2ccccc21)c1ccc([N+](=O)[O-])cc1Cl. The van der Waals surface area contributed by atoms with Crippen LogP contribution in [0.5, 0.6) is 0 Å². The maximum Gasteiger partial charge on any atom is 0.270 e. The number of nitrogens with one attached hydrogen (secondary N) is 1. The van der Waals surface area contributed by atoms with Crippen molar-refractivity contribution in [2.24, 2.45) is 0 Å². The number of hydrogen-bond acceptors (Lipinski definition) is 3. The van der Waals surface area contributed by atoms with Gasteiger partial charge in [-0.3, -0.25) is 14.9 Å². The second-order valence-electron chi connectivity index (χ2n) is 5.18. The Hall–Kier alpha value is -2.40. The first-order valence-corrected chi connectivity index (χ1v) is 7.26. The van der Waals surface area contributed by atoms with Crippen molar-refractivity contribution in [3.63, 3.8) is 0 Å². The topological polar surface area (TPSA) is 72.2 Å². The maximum absolute atomic E-state index is 12.3. The molecular weight excluding hydrogens is 304 g/mol. The standard InChI is InChI=1S/C16H13ClN2O3/c17-14-9-11(19(21)22)6-7-13(14)16(20)18-15-8-5-10-3-1-2-4-12(10)15/h1-4,6-7,9,15H,5,8H2,(H,18,20). The lowest BCUT2D eigenvalue weighted by Gasteiger charge is -2.14. The van der Waals surface area contributed by atoms with Gasteiger partial charge in [-0.15, -0.1) is 0 Å². The van der Waals surface area contributed by atoms with Crippen LogP contribution < -0.4 is 5.32 Å². The van der Waals surface area contributed by atoms with E-state index in [9.17, 15) is 14.9 Å². The highest BCUT2D eigenvalue weighted by Gasteiger charge is 2.25. The molecule has 0 bridgehead atoms. The molecular formula is C16H13ClN2O3. The lowest BCUT2D eigenvalue weighted by atomic mass is 10.1. The van der Waals surface area contributed by atoms with E-state index in [0.29, 0.717) is 0 Å². The number of aryl methyl sites for hydroxylation is 1. The lowest BCUT2D eigenvalue weighted by Crippen LogP contribution is -2.27. The molecule has 0 radical (unpaired) electrons. The molecule has 2 aromatic carbocycles. The van der Waals surface area contributed by atoms with Crippen LogP contribution in [-0.2, 0) is 6.42 Å². The van der Waals surface area contributed by atoms with Crippen LogP contribution in [0.1, 0.15) is 33.9 Å². The highest BCUT2D eigenvalue weighted by molar-refractivity contribution is 6.34. The number of hydrogen-bond donors (Lipinski definition) is 1. The molecule has 0 saturated heterocycles. The Labute approximate surface area is 132 Å². The van der Waals surface area contributed by atoms with Gasteiger partial charge in [-0.25, -0.2) is 0 Å². The van der Waals surface area contributed by atoms with Crippen LogP contribution in [-0.4, -0.2) is 10.8 Å². The molecule has 0 spiro atoms. The number of rotatable bonds is 3. The Balaban J connectivity index is 1.80. The predicted octanol–water partition coefficient (Wildman–Crippen LogP) is 3.67. The summed E-state index contributed by atoms with van der Waals surface area (Å²) in [4.78, 5) is 22.5. The van der Waals surface area contributed by atoms with Crippen LogP contribution in [0.2, 0.25) is 5.02 Å². The number of nitrogens with zero attached hydrogens (tertiary/aromatic N) is 1. The third kappa shape index (κ3) is 2.67. The zero-order chi connectivity index (χ0) is 15.7. The Morgan fingerprint density at radius 3 is 2.77 bits per heavy atom. The molecule has 0 aromatic heterocycles. The molecule has 0 fully saturated rings. The summed E-state index contributed by atoms with van der Waals surface area (Å²) in [6.07, 6.45) is 1.77. The van der Waals surface area contributed by atoms with E-state index in [4.69, 9.17) is 11.6 Å². The zero-order valence-corrected chi connectivity index (χ0v) is 12.3. The summed E-state index contributed by atoms with van der Waals surface area (Å²) in [5.41, 5.74) is 2.47. The van der Waals surface area contributed by atoms with Crippen molar-refractivity contribution in [3.8, 4) is 0 Å². The number of non-ortho nitro benzene ring substituents is 1. The summed E-state index contributed by atoms with van der Waals surface area (Å²) in [6.45, 7) is 0. The van der Waals surface area contributed by atoms with Gasteiger partial charge in [-0.2, -0.15) is 0 Å². The molecule has 1 amide bonds. The van der Waals surface area contributed by atoms with Crippen molar-refractivity contribution in [2.45, 2.75) is 18.9 Å². The Kier molecular flexibility index (Phi) is 3.81. The van der Waals surface area contributed by atoms with Crippen molar-refractivity contribution in [3.05, 3.63) is 74.3 Å². The van der Waals surface area contributed by atoms with Crippen molar-refractivity contribution in [1.82, 2.24) is 5.32 Å². The quantitative estimate of drug-likeness (QED) is 0.693. The number of carbonyl (C=O) groups is 1. The number of amides is 1. The number of fused-ring (bicyclic) bond motifs is 1. The van der Waals surface area contributed by atoms with Gasteiger partial charge in [0.15, 0.2) is 0 Å². The zero-order valence-electron chi connectivity index (χ0n) is 11.6. The van der Waals surface area contributed by atoms with Crippen LogP contribution in [0.15, 0.2) is 42.5 Å². The minimum absolute atomic E-state index is 0.0463. The maximum atomic E-state index is 12.3. The first-order valence-electron chi connectivity index (χ1n) is 6.89. The van der Waals surface area contributed by atoms with Crippen molar-refractivity contribution in [1.29, 1.82) is 0 Å². The molecule has 0 heterocycles. The first kappa shape index (κ1) is 14.5. The molecule has 0 saturated carbocycles. The summed E-state index contributed by atoms with van der Waals surface area (Å²) < 4.78 is 0. The van der Waals surface area contributed by atoms with E-state index in [1.165, 1.54) is 23.8 Å². The molecule has 0 aliphatic heterocycles. The molecule has 2 aromatic rings. The summed E-state index contributed by atoms with van der Waals surface area (Å²) >= 11 is 5.99. The number of halogens is 1. The minimum Gasteiger partial charge on any atom is -0.345 e. The van der Waals surface area contributed by atoms with E-state index in [-0.39, 0.29) is 28.2 Å². The minimum atomic E-state index is -0.541. The van der Waals surface area contributed by atoms with Crippen LogP contribution in [0, 0.1) is 10.1 Å². The Morgan fingerprint density at radius 1 is 1.27 bits per heavy atom. The molecule has 1 aliphatic carbocycles. The van der Waals surface area contributed by atoms with E-state index in [2.05, 4.69) is 11.4 Å². The number of nitro benzene ring substituents is 1. The summed E-state index contributed by atoms with van der Waals surface area (Å²) in [5, 5.41) is 13.7. The summed E-state index contributed by atoms with van der Waals surface area (Å²) in [6, 6.07) is 11.8. The average Bonchev–Trinajstić information content (AvgIpc) is 2.90. The number of nitro groups is 1. The highest BCUT2D eigenvalue weighted by Crippen LogP contribution is 2.31. The second-order valence-corrected chi connectivity index (χ2v) is 5.59. The van der Waals surface area contributed by atoms with E-state index in [1.54, 1.807) is 0 Å². The Morgan fingerprint density at radius 2 is 2.05 bits per heavy atom. The lowest BCUT2D eigenvalue weighted by molar-refractivity contribution is -0.384. The fraction of sp³-hybridized carbons (Fsp3) is 0.188. The molecule has 1 N–H and O–H groups in total. The van der Waals surface area contributed by atoms with E-state index >= 15 is 0 Å². The second kappa shape index (κ2) is 5.77. The molecule has 1 aliphatic rings. The fourth-order valence-electron chi connectivity index (χ4n) is 2.74. The van der Waals surface area contributed by atoms with Crippen molar-refractivity contribution < 1.29 is 9.72 Å². The van der Waals surface area contributed by atoms with Gasteiger partial charge < -0.3 is 5.32 Å². The summed E-state index contributed by atoms with van der Waals surface area (Å²) in [5.74, 6) is -0.318. The molecule has 22 heavy (non-hydrogen) atoms. The molecule has 6 heteroatoms. The highest BCUT2D eigenvalue weighted by atomic mass is 35.5. The van der Waals surface area contributed by atoms with Gasteiger partial charge in [-0.1, -0.05) is 35.9 Å². The largest absolute Gasteiger partial charge is 0.345 e. The fourth-order valence-corrected chi connectivity index (χ4v) is 3.01. The first-order chi connectivity index (χ1) is 10.6. The average molecular weight is 317 g/mol. The van der Waals surface area contributed by atoms with Crippen molar-refractivity contribution in [2.75, 3.05) is 0 Å². The normalized spacial score (nSPS) is 16.1. The molecule has 112 valence electrons. The Bertz CT molecular complexity index is 761. The third-order valence-corrected chi connectivity index (χ3v) is 4.16. The van der Waals surface area contributed by atoms with Gasteiger partial charge in [0.1, 0.15) is 0 Å². The van der Waals surface area contributed by atoms with E-state index in [1.807, 2.05) is 18.2 Å². The smallest absolute Gasteiger partial charge is 0.270 e. The van der Waals surface area contributed by atoms with Gasteiger partial charge in [-0.05, 0) is 30.0 Å². The monoisotopic (exact) mass is 316 g/mol. The number of benzene rings is 2. The van der Waals surface area contributed by atoms with Crippen LogP contribution in [0.3, 0.4) is 0 Å². The predicted molar refractivity (Wildman–Crippen MR) is 83.1 cm³/mol. The summed E-state index contributed by atoms with van der Waals surface area (Å²) in [7, 11) is 0. The van der Waals surface area contributed by atoms with Crippen LogP contribution in [0.25, 0.3) is 0 Å². The third-order valence-electron chi connectivity index (χ3n) is 3.85. The molecule has 1 unspecified atom stereocenters. The van der Waals surface area contributed by atoms with Gasteiger partial charge in [0, 0.05) is 12.1 Å². The van der Waals surface area contributed by atoms with Gasteiger partial charge in [0.25, 0.3) is 11.6 Å². The van der Waals surface area contributed by atoms with Crippen LogP contribution >= 0.6 is 11.6 Å². The van der Waals surface area contributed by atoms with E-state index < -0.39 is 4.92 Å². The van der Waals surface area contributed by atoms with Crippen LogP contribution in [0.4, 0.5) is 5.69 Å². The molecule has 1 atom stereocenters. The molecule has 3 rings (SSSR count). The number of carbonyl (C=O) groups excluding carboxylic acids is 1. The van der Waals surface area contributed by atoms with Gasteiger partial charge in [0.05, 0.1) is 21.6 Å². The van der Waals surface area contributed by atoms with Gasteiger partial charge in [0.2, 0.25) is 0 Å². The van der Waals surface area contributed by atoms with Gasteiger partial charge >= 0.3 is 0 Å².